The molecule has 3 heterocycles. The van der Waals surface area contributed by atoms with Gasteiger partial charge in [0.05, 0.1) is 17.3 Å². The third-order valence-electron chi connectivity index (χ3n) is 4.72. The average Bonchev–Trinajstić information content (AvgIpc) is 3.15. The van der Waals surface area contributed by atoms with Crippen LogP contribution in [0.5, 0.6) is 0 Å². The van der Waals surface area contributed by atoms with Gasteiger partial charge in [0.2, 0.25) is 0 Å². The normalized spacial score (nSPS) is 14.8. The van der Waals surface area contributed by atoms with Crippen LogP contribution in [0.1, 0.15) is 20.8 Å². The van der Waals surface area contributed by atoms with Gasteiger partial charge in [-0.2, -0.15) is 0 Å². The fourth-order valence-corrected chi connectivity index (χ4v) is 3.94. The summed E-state index contributed by atoms with van der Waals surface area (Å²) in [6.07, 6.45) is 0. The highest BCUT2D eigenvalue weighted by molar-refractivity contribution is 7.22. The third kappa shape index (κ3) is 4.17. The molecule has 0 saturated carbocycles. The van der Waals surface area contributed by atoms with E-state index >= 15 is 0 Å². The maximum absolute atomic E-state index is 12.8. The van der Waals surface area contributed by atoms with Gasteiger partial charge in [0.15, 0.2) is 16.6 Å². The summed E-state index contributed by atoms with van der Waals surface area (Å²) in [5, 5.41) is 11.5. The first kappa shape index (κ1) is 19.2. The number of methoxy groups -OCH3 is 1. The second-order valence-corrected chi connectivity index (χ2v) is 7.75. The van der Waals surface area contributed by atoms with Crippen molar-refractivity contribution in [3.8, 4) is 0 Å². The zero-order valence-corrected chi connectivity index (χ0v) is 16.9. The molecule has 150 valence electrons. The number of nitrogens with one attached hydrogen (secondary N) is 1. The number of likely N-dealkylation sites (N-methyl/N-ethyl adjacent to an activating group) is 1. The molecular weight excluding hydrogens is 392 g/mol. The second kappa shape index (κ2) is 8.10. The zero-order chi connectivity index (χ0) is 20.4. The van der Waals surface area contributed by atoms with Crippen LogP contribution in [-0.2, 0) is 4.74 Å². The monoisotopic (exact) mass is 412 g/mol. The number of rotatable bonds is 4. The highest BCUT2D eigenvalue weighted by atomic mass is 32.1. The fourth-order valence-electron chi connectivity index (χ4n) is 3.03. The second-order valence-electron chi connectivity index (χ2n) is 6.72. The molecule has 4 rings (SSSR count). The van der Waals surface area contributed by atoms with Crippen molar-refractivity contribution in [1.82, 2.24) is 25.0 Å². The minimum Gasteiger partial charge on any atom is -0.464 e. The largest absolute Gasteiger partial charge is 0.464 e. The predicted octanol–water partition coefficient (Wildman–Crippen LogP) is 2.00. The van der Waals surface area contributed by atoms with Crippen molar-refractivity contribution in [3.05, 3.63) is 41.6 Å². The van der Waals surface area contributed by atoms with Crippen LogP contribution in [0.25, 0.3) is 10.2 Å². The summed E-state index contributed by atoms with van der Waals surface area (Å²) in [5.74, 6) is -0.0285. The number of nitrogens with zero attached hydrogens (tertiary/aromatic N) is 5. The molecule has 0 spiro atoms. The standard InChI is InChI=1S/C19H20N6O3S/c1-24-7-9-25(10-8-24)17(26)12-3-4-13-15(11-12)29-19(20-13)21-16-6-5-14(22-23-16)18(27)28-2/h3-6,11H,7-10H2,1-2H3,(H,20,21,23). The van der Waals surface area contributed by atoms with Gasteiger partial charge in [0.1, 0.15) is 0 Å². The summed E-state index contributed by atoms with van der Waals surface area (Å²) in [4.78, 5) is 32.8. The van der Waals surface area contributed by atoms with Crippen LogP contribution in [0.2, 0.25) is 0 Å². The van der Waals surface area contributed by atoms with Gasteiger partial charge in [-0.05, 0) is 37.4 Å². The van der Waals surface area contributed by atoms with Gasteiger partial charge in [-0.3, -0.25) is 4.79 Å². The lowest BCUT2D eigenvalue weighted by molar-refractivity contribution is 0.0592. The number of carbonyl (C=O) groups excluding carboxylic acids is 2. The molecule has 3 aromatic rings. The summed E-state index contributed by atoms with van der Waals surface area (Å²) < 4.78 is 5.52. The Kier molecular flexibility index (Phi) is 5.36. The number of benzene rings is 1. The van der Waals surface area contributed by atoms with Crippen molar-refractivity contribution in [1.29, 1.82) is 0 Å². The van der Waals surface area contributed by atoms with Crippen LogP contribution in [0, 0.1) is 0 Å². The molecule has 0 aliphatic carbocycles. The molecule has 1 N–H and O–H groups in total. The zero-order valence-electron chi connectivity index (χ0n) is 16.1. The number of piperazine rings is 1. The molecule has 2 aromatic heterocycles. The van der Waals surface area contributed by atoms with E-state index in [9.17, 15) is 9.59 Å². The lowest BCUT2D eigenvalue weighted by atomic mass is 10.1. The number of anilines is 2. The fraction of sp³-hybridized carbons (Fsp3) is 0.316. The van der Waals surface area contributed by atoms with Gasteiger partial charge >= 0.3 is 5.97 Å². The number of thiazole rings is 1. The summed E-state index contributed by atoms with van der Waals surface area (Å²) in [7, 11) is 3.35. The Bertz CT molecular complexity index is 1040. The van der Waals surface area contributed by atoms with E-state index in [0.29, 0.717) is 16.5 Å². The SMILES string of the molecule is COC(=O)c1ccc(Nc2nc3ccc(C(=O)N4CCN(C)CC4)cc3s2)nn1. The Morgan fingerprint density at radius 1 is 1.10 bits per heavy atom. The molecule has 0 atom stereocenters. The van der Waals surface area contributed by atoms with Crippen molar-refractivity contribution >= 4 is 44.4 Å². The molecule has 1 aromatic carbocycles. The number of hydrogen-bond acceptors (Lipinski definition) is 9. The minimum atomic E-state index is -0.540. The van der Waals surface area contributed by atoms with Gasteiger partial charge in [0.25, 0.3) is 5.91 Å². The van der Waals surface area contributed by atoms with Crippen molar-refractivity contribution < 1.29 is 14.3 Å². The van der Waals surface area contributed by atoms with Gasteiger partial charge in [0, 0.05) is 31.7 Å². The van der Waals surface area contributed by atoms with Crippen LogP contribution in [0.15, 0.2) is 30.3 Å². The summed E-state index contributed by atoms with van der Waals surface area (Å²) in [5.41, 5.74) is 1.60. The third-order valence-corrected chi connectivity index (χ3v) is 5.65. The molecule has 29 heavy (non-hydrogen) atoms. The minimum absolute atomic E-state index is 0.0483. The lowest BCUT2D eigenvalue weighted by Gasteiger charge is -2.32. The van der Waals surface area contributed by atoms with E-state index in [1.54, 1.807) is 6.07 Å². The number of aromatic nitrogens is 3. The number of esters is 1. The van der Waals surface area contributed by atoms with Crippen LogP contribution in [0.4, 0.5) is 10.9 Å². The number of amides is 1. The molecule has 1 fully saturated rings. The van der Waals surface area contributed by atoms with E-state index in [1.807, 2.05) is 23.1 Å². The summed E-state index contributed by atoms with van der Waals surface area (Å²) in [6, 6.07) is 8.71. The van der Waals surface area contributed by atoms with Gasteiger partial charge in [-0.1, -0.05) is 11.3 Å². The molecular formula is C19H20N6O3S. The molecule has 0 bridgehead atoms. The maximum atomic E-state index is 12.8. The highest BCUT2D eigenvalue weighted by Gasteiger charge is 2.21. The molecule has 1 aliphatic heterocycles. The number of hydrogen-bond donors (Lipinski definition) is 1. The molecule has 0 unspecified atom stereocenters. The maximum Gasteiger partial charge on any atom is 0.358 e. The van der Waals surface area contributed by atoms with Crippen LogP contribution >= 0.6 is 11.3 Å². The summed E-state index contributed by atoms with van der Waals surface area (Å²) in [6.45, 7) is 3.25. The van der Waals surface area contributed by atoms with E-state index in [2.05, 4.69) is 37.2 Å². The molecule has 10 heteroatoms. The quantitative estimate of drug-likeness (QED) is 0.650. The molecule has 1 amide bonds. The van der Waals surface area contributed by atoms with Gasteiger partial charge < -0.3 is 19.9 Å². The van der Waals surface area contributed by atoms with E-state index in [1.165, 1.54) is 24.5 Å². The number of fused-ring (bicyclic) bond motifs is 1. The van der Waals surface area contributed by atoms with Gasteiger partial charge in [-0.25, -0.2) is 9.78 Å². The van der Waals surface area contributed by atoms with E-state index in [0.717, 1.165) is 36.4 Å². The number of carbonyl (C=O) groups is 2. The van der Waals surface area contributed by atoms with E-state index in [4.69, 9.17) is 0 Å². The Hall–Kier alpha value is -3.11. The Morgan fingerprint density at radius 3 is 2.59 bits per heavy atom. The van der Waals surface area contributed by atoms with Crippen LogP contribution < -0.4 is 5.32 Å². The van der Waals surface area contributed by atoms with Crippen LogP contribution in [-0.4, -0.2) is 77.2 Å². The summed E-state index contributed by atoms with van der Waals surface area (Å²) >= 11 is 1.43. The Balaban J connectivity index is 1.49. The average molecular weight is 412 g/mol. The van der Waals surface area contributed by atoms with E-state index in [-0.39, 0.29) is 11.6 Å². The van der Waals surface area contributed by atoms with Crippen molar-refractivity contribution in [2.45, 2.75) is 0 Å². The van der Waals surface area contributed by atoms with Crippen molar-refractivity contribution in [2.75, 3.05) is 45.7 Å². The van der Waals surface area contributed by atoms with Crippen molar-refractivity contribution in [3.63, 3.8) is 0 Å². The molecule has 1 saturated heterocycles. The first-order chi connectivity index (χ1) is 14.0. The van der Waals surface area contributed by atoms with Crippen molar-refractivity contribution in [2.24, 2.45) is 0 Å². The predicted molar refractivity (Wildman–Crippen MR) is 110 cm³/mol. The first-order valence-corrected chi connectivity index (χ1v) is 9.92. The molecule has 0 radical (unpaired) electrons. The first-order valence-electron chi connectivity index (χ1n) is 9.11. The lowest BCUT2D eigenvalue weighted by Crippen LogP contribution is -2.47. The highest BCUT2D eigenvalue weighted by Crippen LogP contribution is 2.29. The van der Waals surface area contributed by atoms with Gasteiger partial charge in [-0.15, -0.1) is 10.2 Å². The molecule has 1 aliphatic rings. The Morgan fingerprint density at radius 2 is 1.90 bits per heavy atom. The smallest absolute Gasteiger partial charge is 0.358 e. The van der Waals surface area contributed by atoms with E-state index < -0.39 is 5.97 Å². The number of ether oxygens (including phenoxy) is 1. The van der Waals surface area contributed by atoms with Crippen LogP contribution in [0.3, 0.4) is 0 Å². The molecule has 9 nitrogen and oxygen atoms in total. The Labute approximate surface area is 171 Å². The topological polar surface area (TPSA) is 101 Å².